The number of nitrogens with two attached hydrogens (primary N) is 1. The van der Waals surface area contributed by atoms with Gasteiger partial charge in [0.05, 0.1) is 5.56 Å². The first kappa shape index (κ1) is 26.5. The second kappa shape index (κ2) is 11.0. The number of carbonyl (C=O) groups excluding carboxylic acids is 2. The number of para-hydroxylation sites is 1. The molecule has 0 aliphatic carbocycles. The van der Waals surface area contributed by atoms with Crippen molar-refractivity contribution in [2.24, 2.45) is 5.16 Å². The summed E-state index contributed by atoms with van der Waals surface area (Å²) in [5, 5.41) is 35.4. The van der Waals surface area contributed by atoms with Gasteiger partial charge in [-0.2, -0.15) is 0 Å². The molecule has 1 saturated heterocycles. The van der Waals surface area contributed by atoms with Crippen LogP contribution in [0.5, 0.6) is 5.75 Å². The molecule has 0 bridgehead atoms. The Balaban J connectivity index is 1.28. The Morgan fingerprint density at radius 3 is 2.85 bits per heavy atom. The van der Waals surface area contributed by atoms with Crippen LogP contribution >= 0.6 is 34.9 Å². The lowest BCUT2D eigenvalue weighted by Gasteiger charge is -2.49. The van der Waals surface area contributed by atoms with Gasteiger partial charge in [-0.3, -0.25) is 14.5 Å². The highest BCUT2D eigenvalue weighted by Crippen LogP contribution is 2.42. The van der Waals surface area contributed by atoms with Gasteiger partial charge in [0, 0.05) is 16.9 Å². The average Bonchev–Trinajstić information content (AvgIpc) is 3.57. The molecule has 39 heavy (non-hydrogen) atoms. The molecule has 0 radical (unpaired) electrons. The number of nitrogens with zero attached hydrogens (tertiary/aromatic N) is 5. The molecular formula is C22H19N7O7S3. The maximum Gasteiger partial charge on any atom is 0.352 e. The summed E-state index contributed by atoms with van der Waals surface area (Å²) in [7, 11) is 1.26. The van der Waals surface area contributed by atoms with E-state index in [-0.39, 0.29) is 50.6 Å². The number of aromatic hydroxyl groups is 1. The van der Waals surface area contributed by atoms with Crippen molar-refractivity contribution in [1.29, 1.82) is 0 Å². The molecule has 2 aliphatic heterocycles. The van der Waals surface area contributed by atoms with Crippen molar-refractivity contribution in [3.05, 3.63) is 46.6 Å². The third-order valence-electron chi connectivity index (χ3n) is 5.61. The summed E-state index contributed by atoms with van der Waals surface area (Å²) in [5.41, 5.74) is 6.37. The van der Waals surface area contributed by atoms with Gasteiger partial charge in [0.25, 0.3) is 22.9 Å². The lowest BCUT2D eigenvalue weighted by Crippen LogP contribution is -2.71. The highest BCUT2D eigenvalue weighted by Gasteiger charge is 2.54. The van der Waals surface area contributed by atoms with E-state index < -0.39 is 29.2 Å². The SMILES string of the molecule is CON=C(C(=O)N[C@@H]1C(=O)N2C(C(=O)O)=C(CSc3nnc(-c4ccccc4O)o3)CS[C@@H]12)c1csc(N)n1. The Hall–Kier alpha value is -4.09. The largest absolute Gasteiger partial charge is 0.507 e. The fourth-order valence-electron chi connectivity index (χ4n) is 3.88. The summed E-state index contributed by atoms with van der Waals surface area (Å²) in [6.07, 6.45) is 0. The number of hydrogen-bond donors (Lipinski definition) is 4. The zero-order chi connectivity index (χ0) is 27.7. The van der Waals surface area contributed by atoms with Gasteiger partial charge in [0.2, 0.25) is 0 Å². The minimum atomic E-state index is -1.27. The minimum Gasteiger partial charge on any atom is -0.507 e. The molecule has 2 atom stereocenters. The number of oxime groups is 1. The number of benzene rings is 1. The third-order valence-corrected chi connectivity index (χ3v) is 8.53. The number of aliphatic carboxylic acids is 1. The number of carboxylic acid groups (broad SMARTS) is 1. The van der Waals surface area contributed by atoms with Crippen molar-refractivity contribution in [3.8, 4) is 17.2 Å². The molecule has 2 amide bonds. The van der Waals surface area contributed by atoms with Gasteiger partial charge in [0.1, 0.15) is 35.7 Å². The number of thioether (sulfide) groups is 2. The second-order valence-corrected chi connectivity index (χ2v) is 10.9. The summed E-state index contributed by atoms with van der Waals surface area (Å²) < 4.78 is 5.60. The fraction of sp³-hybridized carbons (Fsp3) is 0.227. The predicted molar refractivity (Wildman–Crippen MR) is 142 cm³/mol. The molecule has 3 aromatic rings. The van der Waals surface area contributed by atoms with Gasteiger partial charge in [-0.25, -0.2) is 9.78 Å². The number of phenolic OH excluding ortho intramolecular Hbond substituents is 1. The van der Waals surface area contributed by atoms with Crippen LogP contribution in [0.2, 0.25) is 0 Å². The van der Waals surface area contributed by atoms with E-state index in [1.807, 2.05) is 0 Å². The topological polar surface area (TPSA) is 206 Å². The lowest BCUT2D eigenvalue weighted by molar-refractivity contribution is -0.150. The number of amides is 2. The fourth-order valence-corrected chi connectivity index (χ4v) is 6.67. The summed E-state index contributed by atoms with van der Waals surface area (Å²) in [6.45, 7) is 0. The van der Waals surface area contributed by atoms with Crippen molar-refractivity contribution < 1.29 is 33.9 Å². The van der Waals surface area contributed by atoms with Crippen LogP contribution in [0.3, 0.4) is 0 Å². The first-order valence-corrected chi connectivity index (χ1v) is 14.0. The van der Waals surface area contributed by atoms with E-state index in [4.69, 9.17) is 15.0 Å². The highest BCUT2D eigenvalue weighted by atomic mass is 32.2. The molecule has 14 nitrogen and oxygen atoms in total. The number of nitrogens with one attached hydrogen (secondary N) is 1. The van der Waals surface area contributed by atoms with Gasteiger partial charge >= 0.3 is 5.97 Å². The van der Waals surface area contributed by atoms with Crippen LogP contribution in [-0.4, -0.2) is 83.8 Å². The molecule has 2 aromatic heterocycles. The first-order chi connectivity index (χ1) is 18.8. The molecule has 0 unspecified atom stereocenters. The van der Waals surface area contributed by atoms with E-state index in [1.165, 1.54) is 30.3 Å². The molecule has 2 aliphatic rings. The monoisotopic (exact) mass is 589 g/mol. The van der Waals surface area contributed by atoms with Crippen LogP contribution in [-0.2, 0) is 19.2 Å². The summed E-state index contributed by atoms with van der Waals surface area (Å²) >= 11 is 3.53. The number of carboxylic acids is 1. The molecule has 1 aromatic carbocycles. The Morgan fingerprint density at radius 2 is 2.15 bits per heavy atom. The van der Waals surface area contributed by atoms with Gasteiger partial charge < -0.3 is 30.5 Å². The number of rotatable bonds is 9. The van der Waals surface area contributed by atoms with Gasteiger partial charge in [-0.15, -0.1) is 33.3 Å². The average molecular weight is 590 g/mol. The van der Waals surface area contributed by atoms with E-state index in [9.17, 15) is 24.6 Å². The standard InChI is InChI=1S/C22H19N7O7S3/c1-35-28-13(11-8-38-21(23)24-11)16(31)25-14-18(32)29-15(20(33)34)9(6-37-19(14)29)7-39-22-27-26-17(36-22)10-4-2-3-5-12(10)30/h2-5,8,14,19,30H,6-7H2,1H3,(H2,23,24)(H,25,31)(H,33,34)/t14-,19+/m1/s1. The first-order valence-electron chi connectivity index (χ1n) is 11.1. The summed E-state index contributed by atoms with van der Waals surface area (Å²) in [6, 6.07) is 5.52. The van der Waals surface area contributed by atoms with Crippen molar-refractivity contribution in [2.45, 2.75) is 16.6 Å². The van der Waals surface area contributed by atoms with E-state index in [1.54, 1.807) is 18.2 Å². The Kier molecular flexibility index (Phi) is 7.45. The van der Waals surface area contributed by atoms with Crippen LogP contribution in [0.15, 0.2) is 55.7 Å². The van der Waals surface area contributed by atoms with Gasteiger partial charge in [0.15, 0.2) is 10.8 Å². The molecule has 202 valence electrons. The van der Waals surface area contributed by atoms with Crippen molar-refractivity contribution in [3.63, 3.8) is 0 Å². The maximum atomic E-state index is 13.0. The number of anilines is 1. The number of hydrogen-bond acceptors (Lipinski definition) is 14. The number of aromatic nitrogens is 3. The van der Waals surface area contributed by atoms with E-state index in [0.29, 0.717) is 11.1 Å². The Bertz CT molecular complexity index is 1520. The normalized spacial score (nSPS) is 18.9. The second-order valence-electron chi connectivity index (χ2n) is 7.99. The third kappa shape index (κ3) is 5.15. The quantitative estimate of drug-likeness (QED) is 0.120. The summed E-state index contributed by atoms with van der Waals surface area (Å²) in [5.74, 6) is -1.99. The van der Waals surface area contributed by atoms with E-state index >= 15 is 0 Å². The number of β-lactam (4-membered cyclic amide) rings is 1. The van der Waals surface area contributed by atoms with Crippen molar-refractivity contribution in [1.82, 2.24) is 25.4 Å². The van der Waals surface area contributed by atoms with Crippen LogP contribution in [0.4, 0.5) is 5.13 Å². The zero-order valence-corrected chi connectivity index (χ0v) is 22.4. The Labute approximate surface area is 232 Å². The number of thiazole rings is 1. The molecule has 17 heteroatoms. The van der Waals surface area contributed by atoms with Crippen LogP contribution in [0.1, 0.15) is 5.69 Å². The number of fused-ring (bicyclic) bond motifs is 1. The van der Waals surface area contributed by atoms with Crippen LogP contribution < -0.4 is 11.1 Å². The minimum absolute atomic E-state index is 0.0161. The molecule has 1 fully saturated rings. The lowest BCUT2D eigenvalue weighted by atomic mass is 10.0. The molecule has 0 saturated carbocycles. The van der Waals surface area contributed by atoms with Gasteiger partial charge in [-0.05, 0) is 17.7 Å². The van der Waals surface area contributed by atoms with Crippen molar-refractivity contribution >= 4 is 63.5 Å². The maximum absolute atomic E-state index is 13.0. The summed E-state index contributed by atoms with van der Waals surface area (Å²) in [4.78, 5) is 48.0. The van der Waals surface area contributed by atoms with Crippen LogP contribution in [0, 0.1) is 0 Å². The molecular weight excluding hydrogens is 570 g/mol. The zero-order valence-electron chi connectivity index (χ0n) is 19.9. The molecule has 5 N–H and O–H groups in total. The smallest absolute Gasteiger partial charge is 0.352 e. The van der Waals surface area contributed by atoms with E-state index in [0.717, 1.165) is 28.0 Å². The Morgan fingerprint density at radius 1 is 1.36 bits per heavy atom. The molecule has 5 rings (SSSR count). The number of nitrogen functional groups attached to an aromatic ring is 1. The molecule has 4 heterocycles. The van der Waals surface area contributed by atoms with Gasteiger partial charge in [-0.1, -0.05) is 29.1 Å². The van der Waals surface area contributed by atoms with E-state index in [2.05, 4.69) is 25.7 Å². The molecule has 0 spiro atoms. The highest BCUT2D eigenvalue weighted by molar-refractivity contribution is 8.01. The van der Waals surface area contributed by atoms with Crippen molar-refractivity contribution in [2.75, 3.05) is 24.3 Å². The number of carbonyl (C=O) groups is 3. The number of phenols is 1. The van der Waals surface area contributed by atoms with Crippen LogP contribution in [0.25, 0.3) is 11.5 Å². The predicted octanol–water partition coefficient (Wildman–Crippen LogP) is 1.36.